The first-order valence-corrected chi connectivity index (χ1v) is 6.76. The minimum Gasteiger partial charge on any atom is -0.371 e. The Balaban J connectivity index is 2.21. The van der Waals surface area contributed by atoms with Crippen molar-refractivity contribution in [3.8, 4) is 0 Å². The van der Waals surface area contributed by atoms with Crippen LogP contribution in [-0.2, 0) is 6.54 Å². The molecule has 2 rings (SSSR count). The fraction of sp³-hybridized carbons (Fsp3) is 0.600. The zero-order valence-corrected chi connectivity index (χ0v) is 11.6. The molecule has 1 aromatic carbocycles. The molecule has 0 aromatic heterocycles. The molecule has 0 spiro atoms. The van der Waals surface area contributed by atoms with Gasteiger partial charge in [0, 0.05) is 25.3 Å². The minimum atomic E-state index is -0.148. The zero-order valence-electron chi connectivity index (χ0n) is 11.6. The predicted molar refractivity (Wildman–Crippen MR) is 74.4 cm³/mol. The predicted octanol–water partition coefficient (Wildman–Crippen LogP) is 3.17. The lowest BCUT2D eigenvalue weighted by Crippen LogP contribution is -2.25. The highest BCUT2D eigenvalue weighted by atomic mass is 19.1. The maximum atomic E-state index is 13.4. The molecule has 1 aliphatic heterocycles. The number of nitrogens with zero attached hydrogens (tertiary/aromatic N) is 1. The van der Waals surface area contributed by atoms with E-state index in [2.05, 4.69) is 31.0 Å². The van der Waals surface area contributed by atoms with Crippen molar-refractivity contribution in [1.29, 1.82) is 0 Å². The Morgan fingerprint density at radius 1 is 1.39 bits per heavy atom. The summed E-state index contributed by atoms with van der Waals surface area (Å²) in [4.78, 5) is 2.38. The first-order chi connectivity index (χ1) is 8.52. The van der Waals surface area contributed by atoms with E-state index in [0.29, 0.717) is 5.41 Å². The van der Waals surface area contributed by atoms with Gasteiger partial charge in [-0.1, -0.05) is 20.8 Å². The topological polar surface area (TPSA) is 15.3 Å². The number of nitrogens with one attached hydrogen (secondary N) is 1. The van der Waals surface area contributed by atoms with Crippen molar-refractivity contribution in [2.24, 2.45) is 5.41 Å². The van der Waals surface area contributed by atoms with Crippen LogP contribution in [0.2, 0.25) is 0 Å². The second-order valence-electron chi connectivity index (χ2n) is 5.89. The quantitative estimate of drug-likeness (QED) is 0.883. The van der Waals surface area contributed by atoms with E-state index in [-0.39, 0.29) is 5.82 Å². The van der Waals surface area contributed by atoms with E-state index < -0.39 is 0 Å². The molecule has 0 radical (unpaired) electrons. The van der Waals surface area contributed by atoms with Crippen molar-refractivity contribution in [3.05, 3.63) is 29.6 Å². The fourth-order valence-electron chi connectivity index (χ4n) is 2.58. The summed E-state index contributed by atoms with van der Waals surface area (Å²) in [5.41, 5.74) is 2.61. The van der Waals surface area contributed by atoms with Gasteiger partial charge >= 0.3 is 0 Å². The Labute approximate surface area is 109 Å². The zero-order chi connectivity index (χ0) is 13.2. The van der Waals surface area contributed by atoms with Crippen molar-refractivity contribution in [2.45, 2.75) is 33.7 Å². The molecular formula is C15H23FN2. The lowest BCUT2D eigenvalue weighted by Gasteiger charge is -2.24. The van der Waals surface area contributed by atoms with E-state index in [4.69, 9.17) is 0 Å². The van der Waals surface area contributed by atoms with Gasteiger partial charge in [-0.05, 0) is 42.1 Å². The molecule has 0 saturated carbocycles. The monoisotopic (exact) mass is 250 g/mol. The molecule has 1 fully saturated rings. The van der Waals surface area contributed by atoms with Crippen LogP contribution in [-0.4, -0.2) is 19.6 Å². The van der Waals surface area contributed by atoms with Gasteiger partial charge in [0.2, 0.25) is 0 Å². The Hall–Kier alpha value is -1.09. The van der Waals surface area contributed by atoms with Gasteiger partial charge < -0.3 is 10.2 Å². The molecule has 0 aliphatic carbocycles. The summed E-state index contributed by atoms with van der Waals surface area (Å²) < 4.78 is 13.4. The molecule has 1 heterocycles. The summed E-state index contributed by atoms with van der Waals surface area (Å²) in [6.07, 6.45) is 1.20. The van der Waals surface area contributed by atoms with Gasteiger partial charge in [0.15, 0.2) is 0 Å². The average Bonchev–Trinajstić information content (AvgIpc) is 2.67. The highest BCUT2D eigenvalue weighted by Crippen LogP contribution is 2.34. The summed E-state index contributed by atoms with van der Waals surface area (Å²) in [6, 6.07) is 5.14. The molecule has 0 atom stereocenters. The summed E-state index contributed by atoms with van der Waals surface area (Å²) in [5, 5.41) is 3.28. The highest BCUT2D eigenvalue weighted by molar-refractivity contribution is 5.55. The number of hydrogen-bond acceptors (Lipinski definition) is 2. The van der Waals surface area contributed by atoms with Gasteiger partial charge in [0.1, 0.15) is 5.82 Å². The van der Waals surface area contributed by atoms with Crippen molar-refractivity contribution >= 4 is 5.69 Å². The fourth-order valence-corrected chi connectivity index (χ4v) is 2.58. The van der Waals surface area contributed by atoms with Crippen LogP contribution in [0, 0.1) is 11.2 Å². The van der Waals surface area contributed by atoms with Crippen LogP contribution in [0.4, 0.5) is 10.1 Å². The van der Waals surface area contributed by atoms with Crippen molar-refractivity contribution in [3.63, 3.8) is 0 Å². The SMILES string of the molecule is CCNCc1cc(F)ccc1N1CCC(C)(C)C1. The second-order valence-corrected chi connectivity index (χ2v) is 5.89. The molecule has 0 unspecified atom stereocenters. The number of rotatable bonds is 4. The van der Waals surface area contributed by atoms with E-state index in [1.165, 1.54) is 12.1 Å². The molecule has 1 aromatic rings. The third-order valence-electron chi connectivity index (χ3n) is 3.63. The van der Waals surface area contributed by atoms with Gasteiger partial charge in [0.25, 0.3) is 0 Å². The van der Waals surface area contributed by atoms with Crippen LogP contribution < -0.4 is 10.2 Å². The average molecular weight is 250 g/mol. The third-order valence-corrected chi connectivity index (χ3v) is 3.63. The van der Waals surface area contributed by atoms with Gasteiger partial charge in [-0.3, -0.25) is 0 Å². The molecular weight excluding hydrogens is 227 g/mol. The van der Waals surface area contributed by atoms with E-state index >= 15 is 0 Å². The maximum absolute atomic E-state index is 13.4. The Bertz CT molecular complexity index is 415. The summed E-state index contributed by atoms with van der Waals surface area (Å²) in [5.74, 6) is -0.148. The van der Waals surface area contributed by atoms with Gasteiger partial charge in [-0.2, -0.15) is 0 Å². The molecule has 1 aliphatic rings. The number of anilines is 1. The van der Waals surface area contributed by atoms with Crippen LogP contribution in [0.1, 0.15) is 32.8 Å². The summed E-state index contributed by atoms with van der Waals surface area (Å²) in [6.45, 7) is 10.4. The van der Waals surface area contributed by atoms with Crippen LogP contribution in [0.5, 0.6) is 0 Å². The van der Waals surface area contributed by atoms with E-state index in [0.717, 1.165) is 31.7 Å². The van der Waals surface area contributed by atoms with Crippen LogP contribution in [0.3, 0.4) is 0 Å². The van der Waals surface area contributed by atoms with Gasteiger partial charge in [0.05, 0.1) is 0 Å². The maximum Gasteiger partial charge on any atom is 0.123 e. The number of halogens is 1. The Kier molecular flexibility index (Phi) is 3.91. The molecule has 1 N–H and O–H groups in total. The third kappa shape index (κ3) is 3.02. The first-order valence-electron chi connectivity index (χ1n) is 6.76. The Morgan fingerprint density at radius 3 is 2.78 bits per heavy atom. The van der Waals surface area contributed by atoms with Crippen molar-refractivity contribution < 1.29 is 4.39 Å². The molecule has 3 heteroatoms. The lowest BCUT2D eigenvalue weighted by molar-refractivity contribution is 0.418. The summed E-state index contributed by atoms with van der Waals surface area (Å²) >= 11 is 0. The van der Waals surface area contributed by atoms with Crippen molar-refractivity contribution in [2.75, 3.05) is 24.5 Å². The number of benzene rings is 1. The van der Waals surface area contributed by atoms with Crippen molar-refractivity contribution in [1.82, 2.24) is 5.32 Å². The smallest absolute Gasteiger partial charge is 0.123 e. The summed E-state index contributed by atoms with van der Waals surface area (Å²) in [7, 11) is 0. The van der Waals surface area contributed by atoms with Crippen LogP contribution in [0.15, 0.2) is 18.2 Å². The highest BCUT2D eigenvalue weighted by Gasteiger charge is 2.30. The molecule has 0 bridgehead atoms. The molecule has 100 valence electrons. The molecule has 1 saturated heterocycles. The largest absolute Gasteiger partial charge is 0.371 e. The normalized spacial score (nSPS) is 18.3. The Morgan fingerprint density at radius 2 is 2.17 bits per heavy atom. The van der Waals surface area contributed by atoms with Gasteiger partial charge in [-0.15, -0.1) is 0 Å². The van der Waals surface area contributed by atoms with E-state index in [1.54, 1.807) is 12.1 Å². The number of hydrogen-bond donors (Lipinski definition) is 1. The standard InChI is InChI=1S/C15H23FN2/c1-4-17-10-12-9-13(16)5-6-14(12)18-8-7-15(2,3)11-18/h5-6,9,17H,4,7-8,10-11H2,1-3H3. The van der Waals surface area contributed by atoms with Crippen LogP contribution in [0.25, 0.3) is 0 Å². The molecule has 0 amide bonds. The second kappa shape index (κ2) is 5.27. The minimum absolute atomic E-state index is 0.148. The lowest BCUT2D eigenvalue weighted by atomic mass is 9.93. The van der Waals surface area contributed by atoms with E-state index in [9.17, 15) is 4.39 Å². The first kappa shape index (κ1) is 13.3. The van der Waals surface area contributed by atoms with E-state index in [1.807, 2.05) is 6.07 Å². The van der Waals surface area contributed by atoms with Gasteiger partial charge in [-0.25, -0.2) is 4.39 Å². The van der Waals surface area contributed by atoms with Crippen LogP contribution >= 0.6 is 0 Å². The molecule has 2 nitrogen and oxygen atoms in total. The molecule has 18 heavy (non-hydrogen) atoms.